The van der Waals surface area contributed by atoms with E-state index in [1.54, 1.807) is 31.3 Å². The molecule has 0 spiro atoms. The second-order valence-electron chi connectivity index (χ2n) is 5.07. The summed E-state index contributed by atoms with van der Waals surface area (Å²) in [6.45, 7) is 0.322. The Hall–Kier alpha value is -3.44. The maximum Gasteiger partial charge on any atom is 0.165 e. The normalized spacial score (nSPS) is 11.3. The molecule has 3 aromatic rings. The number of methoxy groups -OCH3 is 2. The van der Waals surface area contributed by atoms with E-state index in [-0.39, 0.29) is 0 Å². The van der Waals surface area contributed by atoms with Crippen LogP contribution in [0.5, 0.6) is 5.75 Å². The molecule has 0 atom stereocenters. The topological polar surface area (TPSA) is 97.9 Å². The Kier molecular flexibility index (Phi) is 4.87. The SMILES string of the molecule is COCn1cnc2c(/C(C#N)=C\Nc3ccc(OC)cc3)ncnc21. The lowest BCUT2D eigenvalue weighted by Gasteiger charge is -2.05. The molecular formula is C17H16N6O2. The molecule has 0 saturated carbocycles. The molecule has 0 amide bonds. The summed E-state index contributed by atoms with van der Waals surface area (Å²) in [7, 11) is 3.20. The van der Waals surface area contributed by atoms with Gasteiger partial charge >= 0.3 is 0 Å². The van der Waals surface area contributed by atoms with Crippen molar-refractivity contribution >= 4 is 22.4 Å². The molecule has 2 aromatic heterocycles. The van der Waals surface area contributed by atoms with Gasteiger partial charge in [0.15, 0.2) is 5.65 Å². The summed E-state index contributed by atoms with van der Waals surface area (Å²) < 4.78 is 12.0. The van der Waals surface area contributed by atoms with E-state index in [4.69, 9.17) is 9.47 Å². The highest BCUT2D eigenvalue weighted by molar-refractivity contribution is 5.90. The van der Waals surface area contributed by atoms with Gasteiger partial charge in [-0.25, -0.2) is 15.0 Å². The van der Waals surface area contributed by atoms with Gasteiger partial charge in [0.2, 0.25) is 0 Å². The Morgan fingerprint density at radius 2 is 2.04 bits per heavy atom. The van der Waals surface area contributed by atoms with Crippen LogP contribution in [-0.2, 0) is 11.5 Å². The zero-order valence-corrected chi connectivity index (χ0v) is 13.8. The largest absolute Gasteiger partial charge is 0.497 e. The first-order valence-corrected chi connectivity index (χ1v) is 7.43. The molecular weight excluding hydrogens is 320 g/mol. The Labute approximate surface area is 144 Å². The molecule has 0 aliphatic heterocycles. The lowest BCUT2D eigenvalue weighted by molar-refractivity contribution is 0.134. The number of allylic oxidation sites excluding steroid dienone is 1. The van der Waals surface area contributed by atoms with Crippen LogP contribution in [0.15, 0.2) is 43.1 Å². The molecule has 8 nitrogen and oxygen atoms in total. The predicted molar refractivity (Wildman–Crippen MR) is 92.5 cm³/mol. The zero-order valence-electron chi connectivity index (χ0n) is 13.8. The number of nitriles is 1. The molecule has 2 heterocycles. The molecule has 0 aliphatic rings. The molecule has 3 rings (SSSR count). The van der Waals surface area contributed by atoms with Crippen LogP contribution in [0.1, 0.15) is 5.69 Å². The summed E-state index contributed by atoms with van der Waals surface area (Å²) >= 11 is 0. The number of nitrogens with zero attached hydrogens (tertiary/aromatic N) is 5. The molecule has 1 N–H and O–H groups in total. The van der Waals surface area contributed by atoms with Crippen LogP contribution >= 0.6 is 0 Å². The number of fused-ring (bicyclic) bond motifs is 1. The van der Waals surface area contributed by atoms with Gasteiger partial charge in [0, 0.05) is 19.0 Å². The van der Waals surface area contributed by atoms with Crippen molar-refractivity contribution in [1.29, 1.82) is 5.26 Å². The van der Waals surface area contributed by atoms with E-state index in [9.17, 15) is 5.26 Å². The van der Waals surface area contributed by atoms with Gasteiger partial charge in [-0.05, 0) is 24.3 Å². The Morgan fingerprint density at radius 3 is 2.72 bits per heavy atom. The van der Waals surface area contributed by atoms with Crippen molar-refractivity contribution in [2.45, 2.75) is 6.73 Å². The fourth-order valence-electron chi connectivity index (χ4n) is 2.31. The van der Waals surface area contributed by atoms with E-state index in [2.05, 4.69) is 26.3 Å². The Balaban J connectivity index is 1.92. The van der Waals surface area contributed by atoms with Gasteiger partial charge in [0.1, 0.15) is 36.1 Å². The van der Waals surface area contributed by atoms with Crippen LogP contribution in [0.4, 0.5) is 5.69 Å². The quantitative estimate of drug-likeness (QED) is 0.690. The van der Waals surface area contributed by atoms with E-state index in [1.165, 1.54) is 6.33 Å². The molecule has 0 aliphatic carbocycles. The Bertz CT molecular complexity index is 940. The van der Waals surface area contributed by atoms with E-state index in [1.807, 2.05) is 24.3 Å². The number of ether oxygens (including phenoxy) is 2. The highest BCUT2D eigenvalue weighted by atomic mass is 16.5. The Morgan fingerprint density at radius 1 is 1.24 bits per heavy atom. The maximum atomic E-state index is 9.51. The standard InChI is InChI=1S/C17H16N6O2/c1-24-11-23-10-22-16-15(20-9-21-17(16)23)12(7-18)8-19-13-3-5-14(25-2)6-4-13/h3-6,8-10,19H,11H2,1-2H3/b12-8-. The van der Waals surface area contributed by atoms with Gasteiger partial charge in [-0.1, -0.05) is 0 Å². The third-order valence-electron chi connectivity index (χ3n) is 3.52. The van der Waals surface area contributed by atoms with E-state index in [0.29, 0.717) is 29.2 Å². The lowest BCUT2D eigenvalue weighted by Crippen LogP contribution is -2.00. The molecule has 0 fully saturated rings. The number of nitrogens with one attached hydrogen (secondary N) is 1. The number of hydrogen-bond acceptors (Lipinski definition) is 7. The number of hydrogen-bond donors (Lipinski definition) is 1. The van der Waals surface area contributed by atoms with Crippen molar-refractivity contribution < 1.29 is 9.47 Å². The second-order valence-corrected chi connectivity index (χ2v) is 5.07. The summed E-state index contributed by atoms with van der Waals surface area (Å²) in [6.07, 6.45) is 4.61. The minimum atomic E-state index is 0.322. The smallest absolute Gasteiger partial charge is 0.165 e. The van der Waals surface area contributed by atoms with Gasteiger partial charge < -0.3 is 14.8 Å². The first-order chi connectivity index (χ1) is 12.3. The summed E-state index contributed by atoms with van der Waals surface area (Å²) in [6, 6.07) is 9.52. The van der Waals surface area contributed by atoms with Crippen LogP contribution in [-0.4, -0.2) is 33.7 Å². The van der Waals surface area contributed by atoms with Gasteiger partial charge in [-0.3, -0.25) is 4.57 Å². The van der Waals surface area contributed by atoms with E-state index < -0.39 is 0 Å². The predicted octanol–water partition coefficient (Wildman–Crippen LogP) is 2.42. The van der Waals surface area contributed by atoms with Crippen LogP contribution in [0.2, 0.25) is 0 Å². The van der Waals surface area contributed by atoms with Crippen molar-refractivity contribution in [3.8, 4) is 11.8 Å². The molecule has 25 heavy (non-hydrogen) atoms. The van der Waals surface area contributed by atoms with E-state index >= 15 is 0 Å². The third-order valence-corrected chi connectivity index (χ3v) is 3.52. The van der Waals surface area contributed by atoms with Gasteiger partial charge in [0.05, 0.1) is 19.0 Å². The lowest BCUT2D eigenvalue weighted by atomic mass is 10.2. The maximum absolute atomic E-state index is 9.51. The second kappa shape index (κ2) is 7.42. The molecule has 0 saturated heterocycles. The summed E-state index contributed by atoms with van der Waals surface area (Å²) in [5.41, 5.74) is 2.79. The minimum absolute atomic E-state index is 0.322. The first kappa shape index (κ1) is 16.4. The number of benzene rings is 1. The van der Waals surface area contributed by atoms with Crippen LogP contribution in [0.3, 0.4) is 0 Å². The highest BCUT2D eigenvalue weighted by Gasteiger charge is 2.13. The van der Waals surface area contributed by atoms with Crippen LogP contribution in [0, 0.1) is 11.3 Å². The molecule has 0 radical (unpaired) electrons. The monoisotopic (exact) mass is 336 g/mol. The van der Waals surface area contributed by atoms with Crippen molar-refractivity contribution in [2.24, 2.45) is 0 Å². The van der Waals surface area contributed by atoms with Crippen LogP contribution < -0.4 is 10.1 Å². The van der Waals surface area contributed by atoms with Gasteiger partial charge in [-0.2, -0.15) is 5.26 Å². The number of aromatic nitrogens is 4. The fourth-order valence-corrected chi connectivity index (χ4v) is 2.31. The molecule has 8 heteroatoms. The average molecular weight is 336 g/mol. The van der Waals surface area contributed by atoms with Crippen LogP contribution in [0.25, 0.3) is 16.7 Å². The highest BCUT2D eigenvalue weighted by Crippen LogP contribution is 2.21. The minimum Gasteiger partial charge on any atom is -0.497 e. The summed E-state index contributed by atoms with van der Waals surface area (Å²) in [4.78, 5) is 12.7. The number of rotatable bonds is 6. The molecule has 1 aromatic carbocycles. The first-order valence-electron chi connectivity index (χ1n) is 7.43. The third kappa shape index (κ3) is 3.41. The summed E-state index contributed by atoms with van der Waals surface area (Å²) in [5.74, 6) is 0.760. The van der Waals surface area contributed by atoms with Crippen molar-refractivity contribution in [3.05, 3.63) is 48.8 Å². The molecule has 126 valence electrons. The fraction of sp³-hybridized carbons (Fsp3) is 0.176. The van der Waals surface area contributed by atoms with E-state index in [0.717, 1.165) is 11.4 Å². The zero-order chi connectivity index (χ0) is 17.6. The molecule has 0 unspecified atom stereocenters. The number of imidazole rings is 1. The van der Waals surface area contributed by atoms with Gasteiger partial charge in [-0.15, -0.1) is 0 Å². The van der Waals surface area contributed by atoms with Gasteiger partial charge in [0.25, 0.3) is 0 Å². The van der Waals surface area contributed by atoms with Crippen molar-refractivity contribution in [2.75, 3.05) is 19.5 Å². The average Bonchev–Trinajstić information content (AvgIpc) is 3.07. The summed E-state index contributed by atoms with van der Waals surface area (Å²) in [5, 5.41) is 12.6. The number of anilines is 1. The van der Waals surface area contributed by atoms with Crippen molar-refractivity contribution in [1.82, 2.24) is 19.5 Å². The molecule has 0 bridgehead atoms. The van der Waals surface area contributed by atoms with Crippen molar-refractivity contribution in [3.63, 3.8) is 0 Å².